The molecule has 1 heterocycles. The van der Waals surface area contributed by atoms with Gasteiger partial charge in [0.1, 0.15) is 5.71 Å². The van der Waals surface area contributed by atoms with Gasteiger partial charge < -0.3 is 0 Å². The van der Waals surface area contributed by atoms with Gasteiger partial charge in [0.05, 0.1) is 0 Å². The first-order valence-electron chi connectivity index (χ1n) is 5.52. The van der Waals surface area contributed by atoms with Crippen molar-refractivity contribution in [3.8, 4) is 0 Å². The van der Waals surface area contributed by atoms with Gasteiger partial charge >= 0.3 is 0 Å². The summed E-state index contributed by atoms with van der Waals surface area (Å²) in [6.45, 7) is 5.09. The molecule has 0 aromatic rings. The molecule has 0 atom stereocenters. The van der Waals surface area contributed by atoms with E-state index in [-0.39, 0.29) is 12.2 Å². The number of Topliss-reactive ketones (excluding diaryl/α,β-unsaturated/α-hetero) is 2. The number of nitrogens with zero attached hydrogens (tertiary/aromatic N) is 2. The van der Waals surface area contributed by atoms with Gasteiger partial charge in [-0.25, -0.2) is 0 Å². The Morgan fingerprint density at radius 2 is 1.80 bits per heavy atom. The lowest BCUT2D eigenvalue weighted by Crippen LogP contribution is -2.29. The second kappa shape index (κ2) is 5.63. The standard InChI is InChI=1S/C11H18N2O2/c1-3-10(14)11(15)9(2)12-13-7-5-4-6-8-13/h3-8H2,1-2H3. The summed E-state index contributed by atoms with van der Waals surface area (Å²) in [7, 11) is 0. The van der Waals surface area contributed by atoms with E-state index in [0.29, 0.717) is 5.71 Å². The van der Waals surface area contributed by atoms with E-state index in [2.05, 4.69) is 5.10 Å². The molecule has 0 aromatic heterocycles. The van der Waals surface area contributed by atoms with E-state index in [1.54, 1.807) is 13.8 Å². The summed E-state index contributed by atoms with van der Waals surface area (Å²) in [4.78, 5) is 22.6. The summed E-state index contributed by atoms with van der Waals surface area (Å²) in [6, 6.07) is 0. The summed E-state index contributed by atoms with van der Waals surface area (Å²) in [6.07, 6.45) is 3.72. The minimum atomic E-state index is -0.442. The zero-order valence-electron chi connectivity index (χ0n) is 9.45. The third kappa shape index (κ3) is 3.46. The first-order valence-corrected chi connectivity index (χ1v) is 5.52. The molecule has 0 radical (unpaired) electrons. The molecule has 0 aromatic carbocycles. The lowest BCUT2D eigenvalue weighted by Gasteiger charge is -2.23. The van der Waals surface area contributed by atoms with Gasteiger partial charge in [0.2, 0.25) is 11.6 Å². The molecule has 0 aliphatic carbocycles. The number of carbonyl (C=O) groups excluding carboxylic acids is 2. The van der Waals surface area contributed by atoms with Crippen molar-refractivity contribution >= 4 is 17.3 Å². The summed E-state index contributed by atoms with van der Waals surface area (Å²) in [5, 5.41) is 6.07. The predicted octanol–water partition coefficient (Wildman–Crippen LogP) is 1.40. The molecule has 1 fully saturated rings. The molecule has 0 N–H and O–H groups in total. The number of hydrogen-bond donors (Lipinski definition) is 0. The zero-order chi connectivity index (χ0) is 11.3. The van der Waals surface area contributed by atoms with E-state index in [1.807, 2.05) is 5.01 Å². The van der Waals surface area contributed by atoms with Gasteiger partial charge in [-0.2, -0.15) is 5.10 Å². The van der Waals surface area contributed by atoms with E-state index in [0.717, 1.165) is 25.9 Å². The maximum atomic E-state index is 11.4. The van der Waals surface area contributed by atoms with Crippen molar-refractivity contribution in [2.75, 3.05) is 13.1 Å². The van der Waals surface area contributed by atoms with Crippen LogP contribution in [-0.4, -0.2) is 35.4 Å². The largest absolute Gasteiger partial charge is 0.297 e. The molecule has 4 heteroatoms. The molecule has 0 amide bonds. The Hall–Kier alpha value is -1.19. The van der Waals surface area contributed by atoms with Gasteiger partial charge in [-0.3, -0.25) is 14.6 Å². The number of hydrazone groups is 1. The Labute approximate surface area is 90.3 Å². The second-order valence-corrected chi connectivity index (χ2v) is 3.81. The second-order valence-electron chi connectivity index (χ2n) is 3.81. The number of rotatable bonds is 4. The van der Waals surface area contributed by atoms with Gasteiger partial charge in [-0.05, 0) is 26.2 Å². The van der Waals surface area contributed by atoms with Gasteiger partial charge in [0, 0.05) is 19.5 Å². The number of piperidine rings is 1. The molecular formula is C11H18N2O2. The first kappa shape index (κ1) is 11.9. The van der Waals surface area contributed by atoms with Crippen molar-refractivity contribution in [3.05, 3.63) is 0 Å². The minimum Gasteiger partial charge on any atom is -0.297 e. The third-order valence-electron chi connectivity index (χ3n) is 2.53. The van der Waals surface area contributed by atoms with Crippen LogP contribution in [0.15, 0.2) is 5.10 Å². The van der Waals surface area contributed by atoms with Crippen LogP contribution in [0.25, 0.3) is 0 Å². The molecule has 1 rings (SSSR count). The molecule has 1 aliphatic rings. The highest BCUT2D eigenvalue weighted by Gasteiger charge is 2.16. The molecule has 0 bridgehead atoms. The smallest absolute Gasteiger partial charge is 0.244 e. The monoisotopic (exact) mass is 210 g/mol. The minimum absolute atomic E-state index is 0.256. The van der Waals surface area contributed by atoms with Crippen molar-refractivity contribution in [2.24, 2.45) is 5.10 Å². The zero-order valence-corrected chi connectivity index (χ0v) is 9.45. The Kier molecular flexibility index (Phi) is 4.46. The normalized spacial score (nSPS) is 17.7. The van der Waals surface area contributed by atoms with E-state index in [4.69, 9.17) is 0 Å². The highest BCUT2D eigenvalue weighted by atomic mass is 16.2. The lowest BCUT2D eigenvalue weighted by atomic mass is 10.1. The Bertz CT molecular complexity index is 278. The summed E-state index contributed by atoms with van der Waals surface area (Å²) >= 11 is 0. The molecule has 4 nitrogen and oxygen atoms in total. The van der Waals surface area contributed by atoms with Crippen LogP contribution in [0.5, 0.6) is 0 Å². The SMILES string of the molecule is CCC(=O)C(=O)C(C)=NN1CCCCC1. The average Bonchev–Trinajstić information content (AvgIpc) is 2.28. The Balaban J connectivity index is 2.57. The van der Waals surface area contributed by atoms with Crippen LogP contribution in [0.3, 0.4) is 0 Å². The fourth-order valence-electron chi connectivity index (χ4n) is 1.60. The van der Waals surface area contributed by atoms with Crippen LogP contribution in [0.1, 0.15) is 39.5 Å². The Morgan fingerprint density at radius 1 is 1.20 bits per heavy atom. The average molecular weight is 210 g/mol. The van der Waals surface area contributed by atoms with E-state index < -0.39 is 5.78 Å². The van der Waals surface area contributed by atoms with Crippen LogP contribution >= 0.6 is 0 Å². The third-order valence-corrected chi connectivity index (χ3v) is 2.53. The molecule has 1 saturated heterocycles. The van der Waals surface area contributed by atoms with Crippen LogP contribution in [-0.2, 0) is 9.59 Å². The van der Waals surface area contributed by atoms with Crippen LogP contribution in [0, 0.1) is 0 Å². The fraction of sp³-hybridized carbons (Fsp3) is 0.727. The maximum Gasteiger partial charge on any atom is 0.244 e. The molecule has 84 valence electrons. The van der Waals surface area contributed by atoms with Crippen LogP contribution in [0.4, 0.5) is 0 Å². The lowest BCUT2D eigenvalue weighted by molar-refractivity contribution is -0.132. The molecule has 0 unspecified atom stereocenters. The molecule has 1 aliphatic heterocycles. The van der Waals surface area contributed by atoms with E-state index in [9.17, 15) is 9.59 Å². The maximum absolute atomic E-state index is 11.4. The molecular weight excluding hydrogens is 192 g/mol. The highest BCUT2D eigenvalue weighted by Crippen LogP contribution is 2.08. The highest BCUT2D eigenvalue weighted by molar-refractivity contribution is 6.64. The van der Waals surface area contributed by atoms with Crippen LogP contribution in [0.2, 0.25) is 0 Å². The van der Waals surface area contributed by atoms with Crippen molar-refractivity contribution in [1.29, 1.82) is 0 Å². The van der Waals surface area contributed by atoms with Crippen LogP contribution < -0.4 is 0 Å². The van der Waals surface area contributed by atoms with Gasteiger partial charge in [0.25, 0.3) is 0 Å². The number of hydrogen-bond acceptors (Lipinski definition) is 4. The summed E-state index contributed by atoms with van der Waals surface area (Å²) in [5.41, 5.74) is 0.323. The predicted molar refractivity (Wildman–Crippen MR) is 58.8 cm³/mol. The molecule has 15 heavy (non-hydrogen) atoms. The van der Waals surface area contributed by atoms with E-state index >= 15 is 0 Å². The first-order chi connectivity index (χ1) is 7.15. The Morgan fingerprint density at radius 3 is 2.33 bits per heavy atom. The van der Waals surface area contributed by atoms with Crippen molar-refractivity contribution < 1.29 is 9.59 Å². The summed E-state index contributed by atoms with van der Waals surface area (Å²) < 4.78 is 0. The van der Waals surface area contributed by atoms with Gasteiger partial charge in [-0.1, -0.05) is 6.92 Å². The van der Waals surface area contributed by atoms with Gasteiger partial charge in [0.15, 0.2) is 0 Å². The van der Waals surface area contributed by atoms with E-state index in [1.165, 1.54) is 6.42 Å². The number of carbonyl (C=O) groups is 2. The van der Waals surface area contributed by atoms with Crippen molar-refractivity contribution in [3.63, 3.8) is 0 Å². The molecule has 0 spiro atoms. The summed E-state index contributed by atoms with van der Waals surface area (Å²) in [5.74, 6) is -0.795. The topological polar surface area (TPSA) is 49.7 Å². The fourth-order valence-corrected chi connectivity index (χ4v) is 1.60. The van der Waals surface area contributed by atoms with Gasteiger partial charge in [-0.15, -0.1) is 0 Å². The quantitative estimate of drug-likeness (QED) is 0.520. The van der Waals surface area contributed by atoms with Crippen molar-refractivity contribution in [1.82, 2.24) is 5.01 Å². The van der Waals surface area contributed by atoms with Crippen molar-refractivity contribution in [2.45, 2.75) is 39.5 Å². The molecule has 0 saturated carbocycles. The number of ketones is 2.